The lowest BCUT2D eigenvalue weighted by atomic mass is 10.0. The molecule has 0 radical (unpaired) electrons. The Hall–Kier alpha value is -2.71. The zero-order chi connectivity index (χ0) is 20.9. The number of carbonyl (C=O) groups excluding carboxylic acids is 1. The highest BCUT2D eigenvalue weighted by molar-refractivity contribution is 5.94. The minimum absolute atomic E-state index is 0.0124. The second kappa shape index (κ2) is 9.40. The molecule has 1 aromatic heterocycles. The Balaban J connectivity index is 1.45. The molecule has 0 spiro atoms. The first kappa shape index (κ1) is 20.6. The second-order valence-electron chi connectivity index (χ2n) is 7.77. The summed E-state index contributed by atoms with van der Waals surface area (Å²) in [6.07, 6.45) is 3.43. The van der Waals surface area contributed by atoms with Gasteiger partial charge in [0.2, 0.25) is 0 Å². The summed E-state index contributed by atoms with van der Waals surface area (Å²) >= 11 is 0. The van der Waals surface area contributed by atoms with Gasteiger partial charge in [-0.3, -0.25) is 9.59 Å². The number of nitrogens with zero attached hydrogens (tertiary/aromatic N) is 4. The van der Waals surface area contributed by atoms with Crippen molar-refractivity contribution in [3.63, 3.8) is 0 Å². The van der Waals surface area contributed by atoms with Crippen molar-refractivity contribution >= 4 is 11.6 Å². The van der Waals surface area contributed by atoms with Gasteiger partial charge in [-0.25, -0.2) is 4.68 Å². The molecule has 2 aliphatic rings. The van der Waals surface area contributed by atoms with Gasteiger partial charge in [0.1, 0.15) is 0 Å². The van der Waals surface area contributed by atoms with Crippen molar-refractivity contribution in [1.29, 1.82) is 0 Å². The molecular weight excluding hydrogens is 384 g/mol. The van der Waals surface area contributed by atoms with E-state index >= 15 is 0 Å². The van der Waals surface area contributed by atoms with Crippen LogP contribution in [0.5, 0.6) is 0 Å². The summed E-state index contributed by atoms with van der Waals surface area (Å²) in [5.41, 5.74) is 2.39. The summed E-state index contributed by atoms with van der Waals surface area (Å²) in [6.45, 7) is 4.55. The highest BCUT2D eigenvalue weighted by atomic mass is 16.5. The number of rotatable bonds is 5. The van der Waals surface area contributed by atoms with Gasteiger partial charge in [0.15, 0.2) is 0 Å². The Morgan fingerprint density at radius 2 is 1.97 bits per heavy atom. The number of piperidine rings is 1. The summed E-state index contributed by atoms with van der Waals surface area (Å²) in [5, 5.41) is 4.45. The zero-order valence-electron chi connectivity index (χ0n) is 17.3. The van der Waals surface area contributed by atoms with Crippen molar-refractivity contribution in [3.05, 3.63) is 58.0 Å². The summed E-state index contributed by atoms with van der Waals surface area (Å²) in [4.78, 5) is 29.7. The van der Waals surface area contributed by atoms with Crippen LogP contribution in [0.15, 0.2) is 41.3 Å². The molecule has 8 heteroatoms. The third-order valence-corrected chi connectivity index (χ3v) is 5.73. The number of benzene rings is 1. The molecule has 160 valence electrons. The van der Waals surface area contributed by atoms with Crippen molar-refractivity contribution < 1.29 is 14.3 Å². The molecule has 2 aromatic rings. The van der Waals surface area contributed by atoms with Crippen LogP contribution in [0.2, 0.25) is 0 Å². The number of amides is 1. The van der Waals surface area contributed by atoms with Crippen molar-refractivity contribution in [1.82, 2.24) is 14.7 Å². The third-order valence-electron chi connectivity index (χ3n) is 5.73. The maximum absolute atomic E-state index is 13.0. The van der Waals surface area contributed by atoms with Crippen LogP contribution >= 0.6 is 0 Å². The highest BCUT2D eigenvalue weighted by Crippen LogP contribution is 2.22. The van der Waals surface area contributed by atoms with E-state index in [1.807, 2.05) is 29.2 Å². The molecule has 0 N–H and O–H groups in total. The van der Waals surface area contributed by atoms with Crippen LogP contribution in [0.4, 0.5) is 5.69 Å². The Bertz CT molecular complexity index is 921. The molecule has 4 rings (SSSR count). The van der Waals surface area contributed by atoms with E-state index in [9.17, 15) is 9.59 Å². The first-order chi connectivity index (χ1) is 14.7. The molecule has 2 aliphatic heterocycles. The molecule has 1 aromatic carbocycles. The largest absolute Gasteiger partial charge is 0.380 e. The lowest BCUT2D eigenvalue weighted by molar-refractivity contribution is 0.0670. The summed E-state index contributed by atoms with van der Waals surface area (Å²) < 4.78 is 12.0. The molecule has 8 nitrogen and oxygen atoms in total. The molecule has 1 atom stereocenters. The van der Waals surface area contributed by atoms with Crippen molar-refractivity contribution in [2.75, 3.05) is 51.4 Å². The van der Waals surface area contributed by atoms with Gasteiger partial charge in [-0.2, -0.15) is 5.10 Å². The number of hydrogen-bond acceptors (Lipinski definition) is 6. The van der Waals surface area contributed by atoms with Crippen molar-refractivity contribution in [3.8, 4) is 0 Å². The van der Waals surface area contributed by atoms with Crippen molar-refractivity contribution in [2.24, 2.45) is 0 Å². The van der Waals surface area contributed by atoms with Gasteiger partial charge in [0, 0.05) is 44.9 Å². The van der Waals surface area contributed by atoms with E-state index in [2.05, 4.69) is 10.00 Å². The van der Waals surface area contributed by atoms with Crippen LogP contribution in [0.3, 0.4) is 0 Å². The Morgan fingerprint density at radius 3 is 2.67 bits per heavy atom. The molecule has 3 heterocycles. The smallest absolute Gasteiger partial charge is 0.269 e. The first-order valence-electron chi connectivity index (χ1n) is 10.4. The fourth-order valence-corrected chi connectivity index (χ4v) is 4.11. The molecule has 0 saturated carbocycles. The van der Waals surface area contributed by atoms with Crippen LogP contribution in [0, 0.1) is 0 Å². The van der Waals surface area contributed by atoms with Crippen LogP contribution in [0.1, 0.15) is 34.8 Å². The number of methoxy groups -OCH3 is 1. The molecule has 2 saturated heterocycles. The minimum atomic E-state index is -0.123. The van der Waals surface area contributed by atoms with Gasteiger partial charge in [0.25, 0.3) is 11.5 Å². The van der Waals surface area contributed by atoms with Gasteiger partial charge < -0.3 is 19.3 Å². The van der Waals surface area contributed by atoms with Gasteiger partial charge >= 0.3 is 0 Å². The normalized spacial score (nSPS) is 19.7. The summed E-state index contributed by atoms with van der Waals surface area (Å²) in [7, 11) is 1.65. The average Bonchev–Trinajstić information content (AvgIpc) is 2.80. The van der Waals surface area contributed by atoms with Crippen LogP contribution in [-0.4, -0.2) is 67.1 Å². The molecule has 1 amide bonds. The van der Waals surface area contributed by atoms with Crippen LogP contribution in [-0.2, 0) is 16.1 Å². The summed E-state index contributed by atoms with van der Waals surface area (Å²) in [6, 6.07) is 9.03. The number of carbonyl (C=O) groups is 1. The average molecular weight is 412 g/mol. The van der Waals surface area contributed by atoms with Gasteiger partial charge in [-0.1, -0.05) is 12.1 Å². The molecule has 30 heavy (non-hydrogen) atoms. The number of morpholine rings is 1. The Morgan fingerprint density at radius 1 is 1.20 bits per heavy atom. The fraction of sp³-hybridized carbons (Fsp3) is 0.500. The number of aromatic nitrogens is 2. The van der Waals surface area contributed by atoms with Gasteiger partial charge in [-0.05, 0) is 30.5 Å². The van der Waals surface area contributed by atoms with E-state index in [4.69, 9.17) is 9.47 Å². The Labute approximate surface area is 176 Å². The molecular formula is C22H28N4O4. The topological polar surface area (TPSA) is 76.9 Å². The van der Waals surface area contributed by atoms with E-state index in [1.165, 1.54) is 4.68 Å². The first-order valence-corrected chi connectivity index (χ1v) is 10.4. The van der Waals surface area contributed by atoms with Crippen LogP contribution in [0.25, 0.3) is 0 Å². The van der Waals surface area contributed by atoms with E-state index in [0.29, 0.717) is 38.5 Å². The number of hydrogen-bond donors (Lipinski definition) is 0. The molecule has 0 bridgehead atoms. The van der Waals surface area contributed by atoms with Gasteiger partial charge in [0.05, 0.1) is 37.7 Å². The van der Waals surface area contributed by atoms with E-state index in [0.717, 1.165) is 37.2 Å². The lowest BCUT2D eigenvalue weighted by Gasteiger charge is -2.33. The highest BCUT2D eigenvalue weighted by Gasteiger charge is 2.27. The minimum Gasteiger partial charge on any atom is -0.380 e. The van der Waals surface area contributed by atoms with E-state index in [-0.39, 0.29) is 17.5 Å². The van der Waals surface area contributed by atoms with E-state index < -0.39 is 0 Å². The predicted molar refractivity (Wildman–Crippen MR) is 113 cm³/mol. The molecule has 1 unspecified atom stereocenters. The SMILES string of the molecule is COCc1ccc(C(=O)N2CCCC(n3ncc(N4CCOCC4)cc3=O)C2)cc1. The zero-order valence-corrected chi connectivity index (χ0v) is 17.3. The quantitative estimate of drug-likeness (QED) is 0.744. The number of anilines is 1. The van der Waals surface area contributed by atoms with Crippen LogP contribution < -0.4 is 10.5 Å². The third kappa shape index (κ3) is 4.55. The molecule has 0 aliphatic carbocycles. The fourth-order valence-electron chi connectivity index (χ4n) is 4.11. The monoisotopic (exact) mass is 412 g/mol. The predicted octanol–water partition coefficient (Wildman–Crippen LogP) is 1.70. The van der Waals surface area contributed by atoms with E-state index in [1.54, 1.807) is 19.4 Å². The number of likely N-dealkylation sites (tertiary alicyclic amines) is 1. The molecule has 2 fully saturated rings. The van der Waals surface area contributed by atoms with Crippen molar-refractivity contribution in [2.45, 2.75) is 25.5 Å². The Kier molecular flexibility index (Phi) is 6.44. The van der Waals surface area contributed by atoms with Gasteiger partial charge in [-0.15, -0.1) is 0 Å². The number of ether oxygens (including phenoxy) is 2. The summed E-state index contributed by atoms with van der Waals surface area (Å²) in [5.74, 6) is -0.0124. The maximum atomic E-state index is 13.0. The second-order valence-corrected chi connectivity index (χ2v) is 7.77. The lowest BCUT2D eigenvalue weighted by Crippen LogP contribution is -2.44. The standard InChI is InChI=1S/C22H28N4O4/c1-29-16-17-4-6-18(7-5-17)22(28)25-8-2-3-19(15-25)26-21(27)13-20(14-23-26)24-9-11-30-12-10-24/h4-7,13-14,19H,2-3,8-12,15-16H2,1H3. The maximum Gasteiger partial charge on any atom is 0.269 e.